The highest BCUT2D eigenvalue weighted by Gasteiger charge is 2.48. The van der Waals surface area contributed by atoms with Gasteiger partial charge in [0.2, 0.25) is 0 Å². The maximum absolute atomic E-state index is 9.29. The first-order chi connectivity index (χ1) is 14.7. The first kappa shape index (κ1) is 17.9. The average molecular weight is 392 g/mol. The van der Waals surface area contributed by atoms with Crippen molar-refractivity contribution in [3.63, 3.8) is 0 Å². The molecule has 144 valence electrons. The Hall–Kier alpha value is -4.17. The summed E-state index contributed by atoms with van der Waals surface area (Å²) in [5.41, 5.74) is 3.75. The number of fused-ring (bicyclic) bond motifs is 1. The Balaban J connectivity index is 1.62. The summed E-state index contributed by atoms with van der Waals surface area (Å²) in [5, 5.41) is 28.6. The molecule has 3 aromatic heterocycles. The van der Waals surface area contributed by atoms with Crippen LogP contribution < -0.4 is 0 Å². The minimum Gasteiger partial charge on any atom is -0.256 e. The average Bonchev–Trinajstić information content (AvgIpc) is 3.26. The molecule has 0 spiro atoms. The molecule has 1 fully saturated rings. The van der Waals surface area contributed by atoms with E-state index in [0.29, 0.717) is 18.5 Å². The van der Waals surface area contributed by atoms with Crippen LogP contribution in [-0.2, 0) is 5.54 Å². The van der Waals surface area contributed by atoms with Crippen LogP contribution in [0.25, 0.3) is 33.3 Å². The molecule has 5 rings (SSSR count). The molecule has 1 aliphatic rings. The number of aromatic nitrogens is 6. The Bertz CT molecular complexity index is 1310. The molecule has 4 aromatic rings. The van der Waals surface area contributed by atoms with E-state index in [9.17, 15) is 10.5 Å². The zero-order chi connectivity index (χ0) is 20.6. The largest absolute Gasteiger partial charge is 0.256 e. The van der Waals surface area contributed by atoms with Gasteiger partial charge in [0.1, 0.15) is 12.0 Å². The lowest BCUT2D eigenvalue weighted by Crippen LogP contribution is -2.47. The van der Waals surface area contributed by atoms with E-state index in [1.165, 1.54) is 6.33 Å². The third-order valence-electron chi connectivity index (χ3n) is 5.65. The van der Waals surface area contributed by atoms with E-state index < -0.39 is 5.54 Å². The maximum atomic E-state index is 9.29. The molecule has 0 unspecified atom stereocenters. The highest BCUT2D eigenvalue weighted by atomic mass is 15.5. The number of benzene rings is 1. The summed E-state index contributed by atoms with van der Waals surface area (Å²) < 4.78 is 0. The van der Waals surface area contributed by atoms with Crippen molar-refractivity contribution in [2.45, 2.75) is 24.8 Å². The zero-order valence-corrected chi connectivity index (χ0v) is 16.0. The Kier molecular flexibility index (Phi) is 4.19. The predicted molar refractivity (Wildman–Crippen MR) is 108 cm³/mol. The third kappa shape index (κ3) is 2.87. The second-order valence-corrected chi connectivity index (χ2v) is 7.53. The van der Waals surface area contributed by atoms with Crippen molar-refractivity contribution in [1.29, 1.82) is 10.5 Å². The number of nitriles is 2. The van der Waals surface area contributed by atoms with E-state index in [1.807, 2.05) is 24.3 Å². The lowest BCUT2D eigenvalue weighted by molar-refractivity contribution is 0.0713. The van der Waals surface area contributed by atoms with Gasteiger partial charge in [0.05, 0.1) is 41.7 Å². The van der Waals surface area contributed by atoms with Crippen LogP contribution in [0.15, 0.2) is 55.4 Å². The van der Waals surface area contributed by atoms with Crippen LogP contribution in [0.5, 0.6) is 0 Å². The van der Waals surface area contributed by atoms with Gasteiger partial charge in [-0.1, -0.05) is 6.07 Å². The molecule has 8 heteroatoms. The highest BCUT2D eigenvalue weighted by molar-refractivity contribution is 5.97. The summed E-state index contributed by atoms with van der Waals surface area (Å²) in [6, 6.07) is 12.4. The molecule has 0 saturated heterocycles. The van der Waals surface area contributed by atoms with E-state index >= 15 is 0 Å². The number of hydrogen-bond acceptors (Lipinski definition) is 7. The van der Waals surface area contributed by atoms with Crippen molar-refractivity contribution < 1.29 is 0 Å². The van der Waals surface area contributed by atoms with Crippen molar-refractivity contribution >= 4 is 10.9 Å². The van der Waals surface area contributed by atoms with Crippen LogP contribution in [0.1, 0.15) is 19.3 Å². The molecule has 1 aromatic carbocycles. The van der Waals surface area contributed by atoms with Crippen molar-refractivity contribution in [3.8, 4) is 34.5 Å². The topological polar surface area (TPSA) is 117 Å². The second kappa shape index (κ2) is 7.02. The van der Waals surface area contributed by atoms with Gasteiger partial charge in [0.15, 0.2) is 0 Å². The van der Waals surface area contributed by atoms with Crippen LogP contribution >= 0.6 is 0 Å². The summed E-state index contributed by atoms with van der Waals surface area (Å²) in [6.07, 6.45) is 9.95. The molecule has 8 nitrogen and oxygen atoms in total. The molecule has 0 amide bonds. The van der Waals surface area contributed by atoms with Crippen molar-refractivity contribution in [3.05, 3.63) is 55.4 Å². The maximum Gasteiger partial charge on any atom is 0.115 e. The SMILES string of the molecule is N#CC[C@]1(n2ncc(-c3cc(-c4cncnc4)cc4ncccc34)n2)C[C@@H](C#N)C1. The number of pyridine rings is 1. The summed E-state index contributed by atoms with van der Waals surface area (Å²) in [7, 11) is 0. The van der Waals surface area contributed by atoms with Gasteiger partial charge in [0.25, 0.3) is 0 Å². The van der Waals surface area contributed by atoms with Gasteiger partial charge in [-0.2, -0.15) is 25.5 Å². The molecule has 0 radical (unpaired) electrons. The molecule has 0 atom stereocenters. The molecular weight excluding hydrogens is 376 g/mol. The van der Waals surface area contributed by atoms with E-state index in [1.54, 1.807) is 29.6 Å². The third-order valence-corrected chi connectivity index (χ3v) is 5.65. The van der Waals surface area contributed by atoms with Crippen LogP contribution in [0.2, 0.25) is 0 Å². The first-order valence-electron chi connectivity index (χ1n) is 9.56. The molecular formula is C22H16N8. The van der Waals surface area contributed by atoms with E-state index in [0.717, 1.165) is 27.6 Å². The summed E-state index contributed by atoms with van der Waals surface area (Å²) >= 11 is 0. The molecule has 1 saturated carbocycles. The van der Waals surface area contributed by atoms with E-state index in [2.05, 4.69) is 32.2 Å². The second-order valence-electron chi connectivity index (χ2n) is 7.53. The lowest BCUT2D eigenvalue weighted by atomic mass is 9.68. The molecule has 0 aliphatic heterocycles. The number of hydrogen-bond donors (Lipinski definition) is 0. The fourth-order valence-corrected chi connectivity index (χ4v) is 4.10. The smallest absolute Gasteiger partial charge is 0.115 e. The van der Waals surface area contributed by atoms with Gasteiger partial charge < -0.3 is 0 Å². The molecule has 30 heavy (non-hydrogen) atoms. The zero-order valence-electron chi connectivity index (χ0n) is 16.0. The minimum atomic E-state index is -0.508. The van der Waals surface area contributed by atoms with Crippen molar-refractivity contribution in [1.82, 2.24) is 29.9 Å². The normalized spacial score (nSPS) is 20.3. The Labute approximate surface area is 172 Å². The quantitative estimate of drug-likeness (QED) is 0.522. The van der Waals surface area contributed by atoms with Gasteiger partial charge >= 0.3 is 0 Å². The van der Waals surface area contributed by atoms with Gasteiger partial charge in [0, 0.05) is 35.1 Å². The van der Waals surface area contributed by atoms with Gasteiger partial charge in [-0.15, -0.1) is 0 Å². The van der Waals surface area contributed by atoms with E-state index in [4.69, 9.17) is 5.10 Å². The van der Waals surface area contributed by atoms with Crippen LogP contribution in [0.4, 0.5) is 0 Å². The van der Waals surface area contributed by atoms with E-state index in [-0.39, 0.29) is 12.3 Å². The van der Waals surface area contributed by atoms with Gasteiger partial charge in [-0.05, 0) is 36.6 Å². The summed E-state index contributed by atoms with van der Waals surface area (Å²) in [6.45, 7) is 0. The van der Waals surface area contributed by atoms with Gasteiger partial charge in [-0.25, -0.2) is 9.97 Å². The molecule has 1 aliphatic carbocycles. The molecule has 3 heterocycles. The Morgan fingerprint density at radius 1 is 1.10 bits per heavy atom. The minimum absolute atomic E-state index is 0.0563. The predicted octanol–water partition coefficient (Wildman–Crippen LogP) is 3.49. The first-order valence-corrected chi connectivity index (χ1v) is 9.56. The molecule has 0 bridgehead atoms. The standard InChI is InChI=1S/C22H16N8/c23-4-3-22(8-15(9-22)10-24)30-28-13-21(29-30)19-6-16(17-11-25-14-26-12-17)7-20-18(19)2-1-5-27-20/h1-2,5-7,11-15H,3,8-9H2/t15-,22+. The summed E-state index contributed by atoms with van der Waals surface area (Å²) in [4.78, 5) is 14.4. The number of nitrogens with zero attached hydrogens (tertiary/aromatic N) is 8. The fraction of sp³-hybridized carbons (Fsp3) is 0.227. The molecule has 0 N–H and O–H groups in total. The Morgan fingerprint density at radius 2 is 1.93 bits per heavy atom. The highest BCUT2D eigenvalue weighted by Crippen LogP contribution is 2.45. The van der Waals surface area contributed by atoms with Crippen LogP contribution in [-0.4, -0.2) is 29.9 Å². The van der Waals surface area contributed by atoms with Crippen molar-refractivity contribution in [2.75, 3.05) is 0 Å². The van der Waals surface area contributed by atoms with Gasteiger partial charge in [-0.3, -0.25) is 4.98 Å². The lowest BCUT2D eigenvalue weighted by Gasteiger charge is -2.42. The Morgan fingerprint density at radius 3 is 2.70 bits per heavy atom. The monoisotopic (exact) mass is 392 g/mol. The van der Waals surface area contributed by atoms with Crippen LogP contribution in [0.3, 0.4) is 0 Å². The van der Waals surface area contributed by atoms with Crippen molar-refractivity contribution in [2.24, 2.45) is 5.92 Å². The number of rotatable bonds is 4. The fourth-order valence-electron chi connectivity index (χ4n) is 4.10. The summed E-state index contributed by atoms with van der Waals surface area (Å²) in [5.74, 6) is -0.0563. The van der Waals surface area contributed by atoms with Crippen LogP contribution in [0, 0.1) is 28.6 Å².